The van der Waals surface area contributed by atoms with Gasteiger partial charge in [-0.05, 0) is 37.3 Å². The van der Waals surface area contributed by atoms with Gasteiger partial charge in [0.15, 0.2) is 6.79 Å². The van der Waals surface area contributed by atoms with E-state index in [9.17, 15) is 0 Å². The molecule has 0 amide bonds. The fraction of sp³-hybridized carbons (Fsp3) is 0.304. The van der Waals surface area contributed by atoms with Gasteiger partial charge in [0.2, 0.25) is 0 Å². The molecule has 0 aliphatic carbocycles. The van der Waals surface area contributed by atoms with Crippen LogP contribution in [0.2, 0.25) is 0 Å². The summed E-state index contributed by atoms with van der Waals surface area (Å²) in [5.41, 5.74) is 4.14. The summed E-state index contributed by atoms with van der Waals surface area (Å²) in [4.78, 5) is 2.40. The third kappa shape index (κ3) is 3.39. The molecular formula is C23H24N2O3. The number of hydrogen-bond donors (Lipinski definition) is 1. The molecule has 2 aromatic carbocycles. The first-order chi connectivity index (χ1) is 13.8. The molecule has 1 saturated heterocycles. The maximum absolute atomic E-state index is 6.05. The Bertz CT molecular complexity index is 991. The number of para-hydroxylation sites is 1. The van der Waals surface area contributed by atoms with Crippen LogP contribution < -0.4 is 15.0 Å². The van der Waals surface area contributed by atoms with E-state index >= 15 is 0 Å². The van der Waals surface area contributed by atoms with Gasteiger partial charge >= 0.3 is 0 Å². The van der Waals surface area contributed by atoms with Gasteiger partial charge in [0, 0.05) is 54.0 Å². The van der Waals surface area contributed by atoms with E-state index in [1.807, 2.05) is 18.2 Å². The van der Waals surface area contributed by atoms with Crippen molar-refractivity contribution in [3.63, 3.8) is 0 Å². The zero-order valence-corrected chi connectivity index (χ0v) is 16.0. The highest BCUT2D eigenvalue weighted by molar-refractivity contribution is 5.88. The molecule has 5 heteroatoms. The number of nitrogens with zero attached hydrogens (tertiary/aromatic N) is 1. The van der Waals surface area contributed by atoms with Crippen LogP contribution in [-0.2, 0) is 4.74 Å². The van der Waals surface area contributed by atoms with Crippen molar-refractivity contribution in [3.05, 3.63) is 59.9 Å². The number of hydrogen-bond acceptors (Lipinski definition) is 5. The van der Waals surface area contributed by atoms with E-state index in [0.717, 1.165) is 53.2 Å². The molecule has 1 aromatic heterocycles. The average Bonchev–Trinajstić information content (AvgIpc) is 3.12. The van der Waals surface area contributed by atoms with Crippen LogP contribution in [0.5, 0.6) is 5.75 Å². The first-order valence-electron chi connectivity index (χ1n) is 9.79. The molecular weight excluding hydrogens is 352 g/mol. The quantitative estimate of drug-likeness (QED) is 0.728. The fourth-order valence-corrected chi connectivity index (χ4v) is 3.90. The molecule has 5 nitrogen and oxygen atoms in total. The van der Waals surface area contributed by atoms with Crippen LogP contribution in [0.1, 0.15) is 18.2 Å². The van der Waals surface area contributed by atoms with Gasteiger partial charge in [-0.25, -0.2) is 0 Å². The highest BCUT2D eigenvalue weighted by Crippen LogP contribution is 2.33. The van der Waals surface area contributed by atoms with Crippen molar-refractivity contribution in [2.24, 2.45) is 0 Å². The number of nitrogens with one attached hydrogen (secondary N) is 1. The summed E-state index contributed by atoms with van der Waals surface area (Å²) < 4.78 is 17.7. The lowest BCUT2D eigenvalue weighted by Crippen LogP contribution is -2.49. The molecule has 0 unspecified atom stereocenters. The molecule has 1 N–H and O–H groups in total. The van der Waals surface area contributed by atoms with Gasteiger partial charge in [-0.1, -0.05) is 18.2 Å². The minimum atomic E-state index is 0.228. The summed E-state index contributed by atoms with van der Waals surface area (Å²) in [5.74, 6) is 1.69. The number of fused-ring (bicyclic) bond motifs is 2. The maximum atomic E-state index is 6.05. The van der Waals surface area contributed by atoms with E-state index < -0.39 is 0 Å². The molecule has 1 atom stereocenters. The lowest BCUT2D eigenvalue weighted by Gasteiger charge is -2.34. The molecule has 0 spiro atoms. The fourth-order valence-electron chi connectivity index (χ4n) is 3.90. The molecule has 2 aliphatic heterocycles. The molecule has 5 rings (SSSR count). The number of piperazine rings is 1. The van der Waals surface area contributed by atoms with Crippen molar-refractivity contribution in [2.45, 2.75) is 13.0 Å². The normalized spacial score (nSPS) is 20.1. The third-order valence-electron chi connectivity index (χ3n) is 5.36. The Morgan fingerprint density at radius 2 is 2.04 bits per heavy atom. The van der Waals surface area contributed by atoms with Gasteiger partial charge in [0.25, 0.3) is 0 Å². The Morgan fingerprint density at radius 3 is 2.93 bits per heavy atom. The zero-order chi connectivity index (χ0) is 18.9. The smallest absolute Gasteiger partial charge is 0.189 e. The molecule has 0 bridgehead atoms. The second kappa shape index (κ2) is 7.34. The van der Waals surface area contributed by atoms with Crippen molar-refractivity contribution in [1.82, 2.24) is 5.32 Å². The van der Waals surface area contributed by atoms with Crippen molar-refractivity contribution >= 4 is 28.3 Å². The summed E-state index contributed by atoms with van der Waals surface area (Å²) in [6.07, 6.45) is 2.11. The van der Waals surface area contributed by atoms with Gasteiger partial charge in [0.1, 0.15) is 17.1 Å². The van der Waals surface area contributed by atoms with Crippen LogP contribution in [0.15, 0.2) is 52.9 Å². The van der Waals surface area contributed by atoms with E-state index in [4.69, 9.17) is 13.9 Å². The van der Waals surface area contributed by atoms with E-state index in [1.165, 1.54) is 5.69 Å². The molecule has 1 fully saturated rings. The number of anilines is 1. The molecule has 0 radical (unpaired) electrons. The summed E-state index contributed by atoms with van der Waals surface area (Å²) >= 11 is 0. The molecule has 2 aliphatic rings. The second-order valence-corrected chi connectivity index (χ2v) is 7.45. The Morgan fingerprint density at radius 1 is 1.11 bits per heavy atom. The Kier molecular flexibility index (Phi) is 4.55. The molecule has 0 saturated carbocycles. The maximum Gasteiger partial charge on any atom is 0.189 e. The third-order valence-corrected chi connectivity index (χ3v) is 5.36. The Hall–Kier alpha value is -2.76. The van der Waals surface area contributed by atoms with Gasteiger partial charge < -0.3 is 24.1 Å². The summed E-state index contributed by atoms with van der Waals surface area (Å²) in [7, 11) is 0. The molecule has 3 heterocycles. The van der Waals surface area contributed by atoms with Crippen LogP contribution in [0.4, 0.5) is 5.69 Å². The molecule has 28 heavy (non-hydrogen) atoms. The first kappa shape index (κ1) is 17.3. The van der Waals surface area contributed by atoms with Gasteiger partial charge in [0.05, 0.1) is 6.61 Å². The Labute approximate surface area is 164 Å². The largest absolute Gasteiger partial charge is 0.467 e. The summed E-state index contributed by atoms with van der Waals surface area (Å²) in [6, 6.07) is 17.0. The Balaban J connectivity index is 1.50. The first-order valence-corrected chi connectivity index (χ1v) is 9.79. The van der Waals surface area contributed by atoms with Crippen molar-refractivity contribution in [2.75, 3.05) is 37.9 Å². The zero-order valence-electron chi connectivity index (χ0n) is 16.0. The predicted octanol–water partition coefficient (Wildman–Crippen LogP) is 4.14. The van der Waals surface area contributed by atoms with Crippen molar-refractivity contribution in [3.8, 4) is 5.75 Å². The van der Waals surface area contributed by atoms with E-state index in [1.54, 1.807) is 0 Å². The van der Waals surface area contributed by atoms with E-state index in [2.05, 4.69) is 53.5 Å². The molecule has 3 aromatic rings. The number of ether oxygens (including phenoxy) is 2. The predicted molar refractivity (Wildman–Crippen MR) is 112 cm³/mol. The number of benzene rings is 2. The van der Waals surface area contributed by atoms with E-state index in [0.29, 0.717) is 12.6 Å². The van der Waals surface area contributed by atoms with Crippen LogP contribution in [0, 0.1) is 0 Å². The number of furan rings is 1. The van der Waals surface area contributed by atoms with Crippen LogP contribution >= 0.6 is 0 Å². The topological polar surface area (TPSA) is 46.9 Å². The van der Waals surface area contributed by atoms with Gasteiger partial charge in [-0.15, -0.1) is 0 Å². The minimum Gasteiger partial charge on any atom is -0.467 e. The summed E-state index contributed by atoms with van der Waals surface area (Å²) in [5, 5.41) is 4.58. The highest BCUT2D eigenvalue weighted by Gasteiger charge is 2.19. The number of rotatable bonds is 2. The lowest BCUT2D eigenvalue weighted by molar-refractivity contribution is 0.0322. The molecule has 144 valence electrons. The monoisotopic (exact) mass is 376 g/mol. The van der Waals surface area contributed by atoms with Gasteiger partial charge in [-0.2, -0.15) is 0 Å². The van der Waals surface area contributed by atoms with Crippen LogP contribution in [0.3, 0.4) is 0 Å². The lowest BCUT2D eigenvalue weighted by atomic mass is 10.1. The highest BCUT2D eigenvalue weighted by atomic mass is 16.7. The van der Waals surface area contributed by atoms with Gasteiger partial charge in [-0.3, -0.25) is 0 Å². The standard InChI is InChI=1S/C23H24N2O3/c1-16-13-25(9-8-24-16)20-7-6-18-10-19(14-26-15-27-22(18)12-20)23-11-17-4-2-3-5-21(17)28-23/h2-7,10-12,16,24H,8-9,13-15H2,1H3/t16-/m0/s1. The second-order valence-electron chi connectivity index (χ2n) is 7.45. The van der Waals surface area contributed by atoms with Crippen LogP contribution in [0.25, 0.3) is 22.6 Å². The van der Waals surface area contributed by atoms with Crippen LogP contribution in [-0.4, -0.2) is 39.1 Å². The average molecular weight is 376 g/mol. The summed E-state index contributed by atoms with van der Waals surface area (Å²) in [6.45, 7) is 5.89. The van der Waals surface area contributed by atoms with Crippen molar-refractivity contribution < 1.29 is 13.9 Å². The SMILES string of the molecule is C[C@H]1CN(c2ccc3c(c2)OCOCC(c2cc4ccccc4o2)=C3)CCN1. The minimum absolute atomic E-state index is 0.228. The van der Waals surface area contributed by atoms with E-state index in [-0.39, 0.29) is 6.79 Å². The van der Waals surface area contributed by atoms with Crippen molar-refractivity contribution in [1.29, 1.82) is 0 Å².